The Bertz CT molecular complexity index is 872. The molecule has 0 spiro atoms. The Morgan fingerprint density at radius 3 is 2.47 bits per heavy atom. The van der Waals surface area contributed by atoms with Crippen molar-refractivity contribution in [1.82, 2.24) is 15.5 Å². The minimum Gasteiger partial charge on any atom is -0.497 e. The number of carbonyl (C=O) groups is 2. The van der Waals surface area contributed by atoms with Crippen LogP contribution >= 0.6 is 0 Å². The van der Waals surface area contributed by atoms with Crippen molar-refractivity contribution in [3.05, 3.63) is 59.7 Å². The second kappa shape index (κ2) is 10.0. The van der Waals surface area contributed by atoms with Crippen molar-refractivity contribution in [3.8, 4) is 11.5 Å². The summed E-state index contributed by atoms with van der Waals surface area (Å²) in [5.41, 5.74) is 1.89. The third kappa shape index (κ3) is 4.84. The second-order valence-electron chi connectivity index (χ2n) is 7.26. The van der Waals surface area contributed by atoms with E-state index in [1.165, 1.54) is 0 Å². The number of nitrogens with zero attached hydrogens (tertiary/aromatic N) is 1. The van der Waals surface area contributed by atoms with Crippen LogP contribution < -0.4 is 20.1 Å². The number of nitrogens with one attached hydrogen (secondary N) is 2. The smallest absolute Gasteiger partial charge is 0.317 e. The quantitative estimate of drug-likeness (QED) is 0.734. The van der Waals surface area contributed by atoms with Crippen molar-refractivity contribution < 1.29 is 19.1 Å². The van der Waals surface area contributed by atoms with E-state index in [1.54, 1.807) is 19.1 Å². The van der Waals surface area contributed by atoms with Gasteiger partial charge in [-0.15, -0.1) is 0 Å². The summed E-state index contributed by atoms with van der Waals surface area (Å²) in [4.78, 5) is 27.3. The van der Waals surface area contributed by atoms with Crippen LogP contribution in [0, 0.1) is 5.92 Å². The van der Waals surface area contributed by atoms with Crippen LogP contribution in [0.1, 0.15) is 24.0 Å². The number of carbonyl (C=O) groups excluding carboxylic acids is 2. The lowest BCUT2D eigenvalue weighted by atomic mass is 9.87. The standard InChI is InChI=1S/C23H29N3O4/c1-4-24-23(28)26-14-19(18-12-17(29-2)10-11-21(18)30-3)20(15-26)22(27)25-13-16-8-6-5-7-9-16/h5-12,19-20H,4,13-15H2,1-3H3,(H,24,28)(H,25,27)/t19-,20-/m1/s1. The SMILES string of the molecule is CCNC(=O)N1C[C@H](c2cc(OC)ccc2OC)[C@H](C(=O)NCc2ccccc2)C1. The topological polar surface area (TPSA) is 79.9 Å². The molecule has 0 aromatic heterocycles. The molecule has 1 saturated heterocycles. The molecular formula is C23H29N3O4. The highest BCUT2D eigenvalue weighted by Crippen LogP contribution is 2.39. The molecule has 0 radical (unpaired) electrons. The average molecular weight is 412 g/mol. The molecule has 2 N–H and O–H groups in total. The van der Waals surface area contributed by atoms with Gasteiger partial charge in [-0.2, -0.15) is 0 Å². The van der Waals surface area contributed by atoms with Gasteiger partial charge in [0.15, 0.2) is 0 Å². The van der Waals surface area contributed by atoms with E-state index in [0.29, 0.717) is 37.7 Å². The molecule has 0 bridgehead atoms. The fourth-order valence-corrected chi connectivity index (χ4v) is 3.86. The Kier molecular flexibility index (Phi) is 7.17. The second-order valence-corrected chi connectivity index (χ2v) is 7.26. The van der Waals surface area contributed by atoms with Crippen molar-refractivity contribution in [1.29, 1.82) is 0 Å². The van der Waals surface area contributed by atoms with Crippen molar-refractivity contribution in [2.75, 3.05) is 33.9 Å². The summed E-state index contributed by atoms with van der Waals surface area (Å²) in [5.74, 6) is 0.691. The molecule has 7 nitrogen and oxygen atoms in total. The predicted molar refractivity (Wildman–Crippen MR) is 115 cm³/mol. The Morgan fingerprint density at radius 2 is 1.80 bits per heavy atom. The molecule has 3 amide bonds. The molecule has 0 unspecified atom stereocenters. The zero-order valence-corrected chi connectivity index (χ0v) is 17.7. The lowest BCUT2D eigenvalue weighted by Crippen LogP contribution is -2.39. The highest BCUT2D eigenvalue weighted by molar-refractivity contribution is 5.83. The monoisotopic (exact) mass is 411 g/mol. The lowest BCUT2D eigenvalue weighted by Gasteiger charge is -2.21. The number of urea groups is 1. The zero-order valence-electron chi connectivity index (χ0n) is 17.7. The molecule has 0 saturated carbocycles. The van der Waals surface area contributed by atoms with Gasteiger partial charge in [-0.05, 0) is 30.7 Å². The van der Waals surface area contributed by atoms with Crippen molar-refractivity contribution >= 4 is 11.9 Å². The van der Waals surface area contributed by atoms with Gasteiger partial charge in [0.2, 0.25) is 5.91 Å². The zero-order chi connectivity index (χ0) is 21.5. The van der Waals surface area contributed by atoms with E-state index < -0.39 is 5.92 Å². The van der Waals surface area contributed by atoms with Gasteiger partial charge in [0.25, 0.3) is 0 Å². The molecule has 7 heteroatoms. The highest BCUT2D eigenvalue weighted by atomic mass is 16.5. The molecule has 2 atom stereocenters. The van der Waals surface area contributed by atoms with Crippen LogP contribution in [-0.2, 0) is 11.3 Å². The maximum Gasteiger partial charge on any atom is 0.317 e. The number of amides is 3. The van der Waals surface area contributed by atoms with Gasteiger partial charge in [0, 0.05) is 37.7 Å². The van der Waals surface area contributed by atoms with E-state index in [-0.39, 0.29) is 17.9 Å². The minimum absolute atomic E-state index is 0.0828. The van der Waals surface area contributed by atoms with Crippen LogP contribution in [0.25, 0.3) is 0 Å². The third-order valence-corrected chi connectivity index (χ3v) is 5.42. The molecule has 1 fully saturated rings. The molecule has 3 rings (SSSR count). The first kappa shape index (κ1) is 21.5. The van der Waals surface area contributed by atoms with E-state index in [9.17, 15) is 9.59 Å². The normalized spacial score (nSPS) is 18.0. The van der Waals surface area contributed by atoms with Crippen LogP contribution in [0.4, 0.5) is 4.79 Å². The van der Waals surface area contributed by atoms with Gasteiger partial charge in [0.1, 0.15) is 11.5 Å². The maximum absolute atomic E-state index is 13.1. The van der Waals surface area contributed by atoms with Gasteiger partial charge < -0.3 is 25.0 Å². The number of rotatable bonds is 7. The maximum atomic E-state index is 13.1. The van der Waals surface area contributed by atoms with Crippen molar-refractivity contribution in [2.24, 2.45) is 5.92 Å². The van der Waals surface area contributed by atoms with Crippen molar-refractivity contribution in [3.63, 3.8) is 0 Å². The van der Waals surface area contributed by atoms with E-state index >= 15 is 0 Å². The first-order valence-corrected chi connectivity index (χ1v) is 10.1. The molecule has 30 heavy (non-hydrogen) atoms. The third-order valence-electron chi connectivity index (χ3n) is 5.42. The van der Waals surface area contributed by atoms with Crippen LogP contribution in [0.5, 0.6) is 11.5 Å². The van der Waals surface area contributed by atoms with Gasteiger partial charge in [-0.3, -0.25) is 4.79 Å². The summed E-state index contributed by atoms with van der Waals surface area (Å²) in [6, 6.07) is 15.2. The van der Waals surface area contributed by atoms with Crippen LogP contribution in [0.15, 0.2) is 48.5 Å². The van der Waals surface area contributed by atoms with Gasteiger partial charge in [0.05, 0.1) is 20.1 Å². The first-order chi connectivity index (χ1) is 14.6. The summed E-state index contributed by atoms with van der Waals surface area (Å²) in [6.07, 6.45) is 0. The molecule has 1 aliphatic rings. The fourth-order valence-electron chi connectivity index (χ4n) is 3.86. The molecule has 1 heterocycles. The van der Waals surface area contributed by atoms with Crippen LogP contribution in [-0.4, -0.2) is 50.7 Å². The summed E-state index contributed by atoms with van der Waals surface area (Å²) < 4.78 is 10.9. The molecule has 2 aromatic carbocycles. The summed E-state index contributed by atoms with van der Waals surface area (Å²) in [5, 5.41) is 5.86. The summed E-state index contributed by atoms with van der Waals surface area (Å²) >= 11 is 0. The number of methoxy groups -OCH3 is 2. The number of likely N-dealkylation sites (tertiary alicyclic amines) is 1. The molecular weight excluding hydrogens is 382 g/mol. The number of ether oxygens (including phenoxy) is 2. The highest BCUT2D eigenvalue weighted by Gasteiger charge is 2.41. The lowest BCUT2D eigenvalue weighted by molar-refractivity contribution is -0.125. The van der Waals surface area contributed by atoms with Gasteiger partial charge >= 0.3 is 6.03 Å². The van der Waals surface area contributed by atoms with E-state index in [0.717, 1.165) is 11.1 Å². The molecule has 160 valence electrons. The van der Waals surface area contributed by atoms with Gasteiger partial charge in [-0.25, -0.2) is 4.79 Å². The Hall–Kier alpha value is -3.22. The van der Waals surface area contributed by atoms with Gasteiger partial charge in [-0.1, -0.05) is 30.3 Å². The number of benzene rings is 2. The Labute approximate surface area is 177 Å². The summed E-state index contributed by atoms with van der Waals surface area (Å²) in [6.45, 7) is 3.63. The molecule has 0 aliphatic carbocycles. The molecule has 1 aliphatic heterocycles. The number of hydrogen-bond donors (Lipinski definition) is 2. The summed E-state index contributed by atoms with van der Waals surface area (Å²) in [7, 11) is 3.21. The molecule has 2 aromatic rings. The van der Waals surface area contributed by atoms with Crippen molar-refractivity contribution in [2.45, 2.75) is 19.4 Å². The average Bonchev–Trinajstić information content (AvgIpc) is 3.23. The van der Waals surface area contributed by atoms with E-state index in [1.807, 2.05) is 55.5 Å². The van der Waals surface area contributed by atoms with Crippen LogP contribution in [0.2, 0.25) is 0 Å². The minimum atomic E-state index is -0.391. The Morgan fingerprint density at radius 1 is 1.03 bits per heavy atom. The largest absolute Gasteiger partial charge is 0.497 e. The predicted octanol–water partition coefficient (Wildman–Crippen LogP) is 2.77. The Balaban J connectivity index is 1.85. The van der Waals surface area contributed by atoms with E-state index in [4.69, 9.17) is 9.47 Å². The van der Waals surface area contributed by atoms with Crippen LogP contribution in [0.3, 0.4) is 0 Å². The first-order valence-electron chi connectivity index (χ1n) is 10.1. The fraction of sp³-hybridized carbons (Fsp3) is 0.391. The number of hydrogen-bond acceptors (Lipinski definition) is 4. The van der Waals surface area contributed by atoms with E-state index in [2.05, 4.69) is 10.6 Å².